The number of carbonyl (C=O) groups is 1. The molecule has 4 nitrogen and oxygen atoms in total. The van der Waals surface area contributed by atoms with E-state index in [1.807, 2.05) is 13.8 Å². The molecule has 0 bridgehead atoms. The van der Waals surface area contributed by atoms with Crippen molar-refractivity contribution in [1.29, 1.82) is 0 Å². The average Bonchev–Trinajstić information content (AvgIpc) is 2.66. The lowest BCUT2D eigenvalue weighted by atomic mass is 10.0. The van der Waals surface area contributed by atoms with Crippen LogP contribution < -0.4 is 0 Å². The summed E-state index contributed by atoms with van der Waals surface area (Å²) in [5.74, 6) is -0.990. The van der Waals surface area contributed by atoms with Gasteiger partial charge in [0.2, 0.25) is 0 Å². The molecule has 0 aliphatic carbocycles. The number of nitrogens with one attached hydrogen (secondary N) is 1. The summed E-state index contributed by atoms with van der Waals surface area (Å²) in [7, 11) is 1.32. The Bertz CT molecular complexity index is 723. The first-order valence-corrected chi connectivity index (χ1v) is 6.82. The SMILES string of the molecule is COC(=O)C(C(C)C)n1c(=S)[nH]c2cc(F)c(Cl)cc21. The van der Waals surface area contributed by atoms with Crippen LogP contribution in [0.3, 0.4) is 0 Å². The highest BCUT2D eigenvalue weighted by molar-refractivity contribution is 7.71. The van der Waals surface area contributed by atoms with Crippen LogP contribution in [-0.4, -0.2) is 22.6 Å². The van der Waals surface area contributed by atoms with E-state index in [-0.39, 0.29) is 10.9 Å². The lowest BCUT2D eigenvalue weighted by Gasteiger charge is -2.20. The van der Waals surface area contributed by atoms with Gasteiger partial charge in [0, 0.05) is 6.07 Å². The monoisotopic (exact) mass is 316 g/mol. The molecule has 2 rings (SSSR count). The number of ether oxygens (including phenoxy) is 1. The molecule has 0 aliphatic heterocycles. The lowest BCUT2D eigenvalue weighted by Crippen LogP contribution is -2.25. The third kappa shape index (κ3) is 2.45. The Hall–Kier alpha value is -1.40. The van der Waals surface area contributed by atoms with Gasteiger partial charge in [-0.15, -0.1) is 0 Å². The maximum atomic E-state index is 13.5. The van der Waals surface area contributed by atoms with Gasteiger partial charge in [-0.05, 0) is 24.2 Å². The van der Waals surface area contributed by atoms with Crippen LogP contribution in [-0.2, 0) is 9.53 Å². The second-order valence-corrected chi connectivity index (χ2v) is 5.59. The molecule has 1 atom stereocenters. The van der Waals surface area contributed by atoms with Crippen molar-refractivity contribution in [1.82, 2.24) is 9.55 Å². The minimum Gasteiger partial charge on any atom is -0.467 e. The van der Waals surface area contributed by atoms with Crippen LogP contribution in [0.4, 0.5) is 4.39 Å². The first kappa shape index (κ1) is 15.0. The van der Waals surface area contributed by atoms with Crippen LogP contribution in [0.1, 0.15) is 19.9 Å². The van der Waals surface area contributed by atoms with Gasteiger partial charge >= 0.3 is 5.97 Å². The minimum absolute atomic E-state index is 0.0207. The number of esters is 1. The largest absolute Gasteiger partial charge is 0.467 e. The highest BCUT2D eigenvalue weighted by Crippen LogP contribution is 2.28. The molecule has 0 saturated heterocycles. The molecule has 0 spiro atoms. The number of methoxy groups -OCH3 is 1. The zero-order valence-corrected chi connectivity index (χ0v) is 12.8. The van der Waals surface area contributed by atoms with Crippen molar-refractivity contribution in [2.75, 3.05) is 7.11 Å². The molecule has 1 aromatic carbocycles. The molecule has 1 heterocycles. The maximum Gasteiger partial charge on any atom is 0.329 e. The molecule has 1 unspecified atom stereocenters. The Morgan fingerprint density at radius 1 is 1.50 bits per heavy atom. The quantitative estimate of drug-likeness (QED) is 0.691. The van der Waals surface area contributed by atoms with E-state index in [1.165, 1.54) is 19.2 Å². The van der Waals surface area contributed by atoms with Crippen molar-refractivity contribution in [3.05, 3.63) is 27.7 Å². The van der Waals surface area contributed by atoms with E-state index in [9.17, 15) is 9.18 Å². The topological polar surface area (TPSA) is 47.0 Å². The van der Waals surface area contributed by atoms with E-state index in [0.717, 1.165) is 0 Å². The molecule has 108 valence electrons. The summed E-state index contributed by atoms with van der Waals surface area (Å²) < 4.78 is 20.3. The Morgan fingerprint density at radius 3 is 2.70 bits per heavy atom. The summed E-state index contributed by atoms with van der Waals surface area (Å²) in [6.07, 6.45) is 0. The van der Waals surface area contributed by atoms with Gasteiger partial charge in [0.1, 0.15) is 11.9 Å². The van der Waals surface area contributed by atoms with Crippen molar-refractivity contribution >= 4 is 40.8 Å². The van der Waals surface area contributed by atoms with Crippen LogP contribution >= 0.6 is 23.8 Å². The number of carbonyl (C=O) groups excluding carboxylic acids is 1. The highest BCUT2D eigenvalue weighted by atomic mass is 35.5. The molecule has 0 aliphatic rings. The first-order chi connectivity index (χ1) is 9.36. The van der Waals surface area contributed by atoms with Crippen molar-refractivity contribution in [2.24, 2.45) is 5.92 Å². The van der Waals surface area contributed by atoms with Gasteiger partial charge in [-0.2, -0.15) is 0 Å². The Balaban J connectivity index is 2.75. The highest BCUT2D eigenvalue weighted by Gasteiger charge is 2.27. The number of nitrogens with zero attached hydrogens (tertiary/aromatic N) is 1. The summed E-state index contributed by atoms with van der Waals surface area (Å²) in [4.78, 5) is 14.9. The van der Waals surface area contributed by atoms with Crippen LogP contribution in [0.2, 0.25) is 5.02 Å². The number of hydrogen-bond donors (Lipinski definition) is 1. The summed E-state index contributed by atoms with van der Waals surface area (Å²) >= 11 is 11.1. The molecule has 1 N–H and O–H groups in total. The molecular weight excluding hydrogens is 303 g/mol. The van der Waals surface area contributed by atoms with E-state index in [2.05, 4.69) is 4.98 Å². The Labute approximate surface area is 125 Å². The average molecular weight is 317 g/mol. The third-order valence-corrected chi connectivity index (χ3v) is 3.70. The van der Waals surface area contributed by atoms with Gasteiger partial charge in [-0.25, -0.2) is 9.18 Å². The number of fused-ring (bicyclic) bond motifs is 1. The Kier molecular flexibility index (Phi) is 4.15. The number of H-pyrrole nitrogens is 1. The van der Waals surface area contributed by atoms with Crippen LogP contribution in [0.25, 0.3) is 11.0 Å². The summed E-state index contributed by atoms with van der Waals surface area (Å²) in [6, 6.07) is 2.12. The summed E-state index contributed by atoms with van der Waals surface area (Å²) in [5, 5.41) is -0.0207. The van der Waals surface area contributed by atoms with Crippen molar-refractivity contribution in [3.8, 4) is 0 Å². The van der Waals surface area contributed by atoms with Gasteiger partial charge < -0.3 is 14.3 Å². The number of aromatic amines is 1. The number of aromatic nitrogens is 2. The van der Waals surface area contributed by atoms with E-state index in [1.54, 1.807) is 4.57 Å². The first-order valence-electron chi connectivity index (χ1n) is 6.04. The van der Waals surface area contributed by atoms with Gasteiger partial charge in [-0.3, -0.25) is 0 Å². The van der Waals surface area contributed by atoms with Gasteiger partial charge in [0.05, 0.1) is 23.2 Å². The predicted octanol–water partition coefficient (Wildman–Crippen LogP) is 3.86. The van der Waals surface area contributed by atoms with Crippen LogP contribution in [0.5, 0.6) is 0 Å². The summed E-state index contributed by atoms with van der Waals surface area (Å²) in [6.45, 7) is 3.76. The van der Waals surface area contributed by atoms with E-state index in [0.29, 0.717) is 15.8 Å². The fourth-order valence-electron chi connectivity index (χ4n) is 2.19. The number of benzene rings is 1. The van der Waals surface area contributed by atoms with E-state index < -0.39 is 17.8 Å². The smallest absolute Gasteiger partial charge is 0.329 e. The van der Waals surface area contributed by atoms with Gasteiger partial charge in [-0.1, -0.05) is 25.4 Å². The van der Waals surface area contributed by atoms with Gasteiger partial charge in [0.15, 0.2) is 4.77 Å². The van der Waals surface area contributed by atoms with Gasteiger partial charge in [0.25, 0.3) is 0 Å². The fraction of sp³-hybridized carbons (Fsp3) is 0.385. The molecule has 20 heavy (non-hydrogen) atoms. The molecule has 7 heteroatoms. The molecular formula is C13H14ClFN2O2S. The van der Waals surface area contributed by atoms with E-state index in [4.69, 9.17) is 28.6 Å². The lowest BCUT2D eigenvalue weighted by molar-refractivity contribution is -0.145. The van der Waals surface area contributed by atoms with Crippen LogP contribution in [0, 0.1) is 16.5 Å². The molecule has 0 amide bonds. The molecule has 2 aromatic rings. The summed E-state index contributed by atoms with van der Waals surface area (Å²) in [5.41, 5.74) is 1.07. The normalized spacial score (nSPS) is 12.9. The second kappa shape index (κ2) is 5.54. The maximum absolute atomic E-state index is 13.5. The van der Waals surface area contributed by atoms with E-state index >= 15 is 0 Å². The second-order valence-electron chi connectivity index (χ2n) is 4.80. The zero-order chi connectivity index (χ0) is 15.0. The number of hydrogen-bond acceptors (Lipinski definition) is 3. The fourth-order valence-corrected chi connectivity index (χ4v) is 2.67. The third-order valence-electron chi connectivity index (χ3n) is 3.11. The standard InChI is InChI=1S/C13H14ClFN2O2S/c1-6(2)11(12(18)19-3)17-10-4-7(14)8(15)5-9(10)16-13(17)20/h4-6,11H,1-3H3,(H,16,20). The molecule has 0 radical (unpaired) electrons. The molecule has 1 aromatic heterocycles. The van der Waals surface area contributed by atoms with Crippen LogP contribution in [0.15, 0.2) is 12.1 Å². The predicted molar refractivity (Wildman–Crippen MR) is 78.0 cm³/mol. The molecule has 0 saturated carbocycles. The molecule has 0 fully saturated rings. The number of halogens is 2. The van der Waals surface area contributed by atoms with Crippen molar-refractivity contribution in [2.45, 2.75) is 19.9 Å². The van der Waals surface area contributed by atoms with Crippen molar-refractivity contribution < 1.29 is 13.9 Å². The zero-order valence-electron chi connectivity index (χ0n) is 11.2. The Morgan fingerprint density at radius 2 is 2.15 bits per heavy atom. The number of imidazole rings is 1. The number of rotatable bonds is 3. The van der Waals surface area contributed by atoms with Crippen molar-refractivity contribution in [3.63, 3.8) is 0 Å². The minimum atomic E-state index is -0.595.